The Hall–Kier alpha value is -3.12. The van der Waals surface area contributed by atoms with Crippen molar-refractivity contribution in [2.45, 2.75) is 12.8 Å². The van der Waals surface area contributed by atoms with E-state index in [4.69, 9.17) is 9.84 Å². The molecule has 2 aromatic carbocycles. The molecule has 6 nitrogen and oxygen atoms in total. The molecule has 1 amide bonds. The SMILES string of the molecule is COc1ccc(-c2nn(-c3ccccc3)cc2C(=O)NCC2CCCNC2)cc1. The molecule has 3 aromatic rings. The fraction of sp³-hybridized carbons (Fsp3) is 0.304. The number of amides is 1. The minimum absolute atomic E-state index is 0.0939. The Morgan fingerprint density at radius 2 is 2.00 bits per heavy atom. The Balaban J connectivity index is 1.62. The quantitative estimate of drug-likeness (QED) is 0.678. The molecule has 2 heterocycles. The number of hydrogen-bond donors (Lipinski definition) is 2. The van der Waals surface area contributed by atoms with Gasteiger partial charge in [-0.25, -0.2) is 4.68 Å². The molecule has 0 aliphatic carbocycles. The van der Waals surface area contributed by atoms with Crippen molar-refractivity contribution in [3.05, 3.63) is 66.4 Å². The van der Waals surface area contributed by atoms with Crippen molar-refractivity contribution >= 4 is 5.91 Å². The topological polar surface area (TPSA) is 68.2 Å². The first-order valence-corrected chi connectivity index (χ1v) is 10.0. The summed E-state index contributed by atoms with van der Waals surface area (Å²) < 4.78 is 7.01. The molecule has 0 bridgehead atoms. The number of ether oxygens (including phenoxy) is 1. The van der Waals surface area contributed by atoms with Crippen molar-refractivity contribution in [2.75, 3.05) is 26.7 Å². The minimum atomic E-state index is -0.0939. The lowest BCUT2D eigenvalue weighted by Gasteiger charge is -2.22. The van der Waals surface area contributed by atoms with Crippen LogP contribution in [0.1, 0.15) is 23.2 Å². The number of benzene rings is 2. The summed E-state index contributed by atoms with van der Waals surface area (Å²) in [5.74, 6) is 1.15. The highest BCUT2D eigenvalue weighted by molar-refractivity contribution is 6.00. The number of piperidine rings is 1. The normalized spacial score (nSPS) is 16.4. The highest BCUT2D eigenvalue weighted by Gasteiger charge is 2.20. The Labute approximate surface area is 170 Å². The molecule has 1 atom stereocenters. The van der Waals surface area contributed by atoms with Gasteiger partial charge in [-0.05, 0) is 68.2 Å². The van der Waals surface area contributed by atoms with Crippen LogP contribution < -0.4 is 15.4 Å². The largest absolute Gasteiger partial charge is 0.497 e. The number of nitrogens with zero attached hydrogens (tertiary/aromatic N) is 2. The first-order chi connectivity index (χ1) is 14.2. The zero-order valence-electron chi connectivity index (χ0n) is 16.6. The Morgan fingerprint density at radius 3 is 2.69 bits per heavy atom. The number of hydrogen-bond acceptors (Lipinski definition) is 4. The lowest BCUT2D eigenvalue weighted by atomic mass is 9.99. The lowest BCUT2D eigenvalue weighted by molar-refractivity contribution is 0.0945. The van der Waals surface area contributed by atoms with E-state index in [0.29, 0.717) is 23.7 Å². The maximum atomic E-state index is 13.0. The van der Waals surface area contributed by atoms with Crippen molar-refractivity contribution in [2.24, 2.45) is 5.92 Å². The molecule has 1 aliphatic heterocycles. The van der Waals surface area contributed by atoms with E-state index in [1.165, 1.54) is 0 Å². The fourth-order valence-corrected chi connectivity index (χ4v) is 3.65. The molecule has 29 heavy (non-hydrogen) atoms. The van der Waals surface area contributed by atoms with Crippen LogP contribution >= 0.6 is 0 Å². The smallest absolute Gasteiger partial charge is 0.255 e. The van der Waals surface area contributed by atoms with Gasteiger partial charge < -0.3 is 15.4 Å². The highest BCUT2D eigenvalue weighted by Crippen LogP contribution is 2.26. The maximum absolute atomic E-state index is 13.0. The van der Waals surface area contributed by atoms with Crippen LogP contribution in [0.4, 0.5) is 0 Å². The van der Waals surface area contributed by atoms with Crippen LogP contribution in [0.25, 0.3) is 16.9 Å². The average Bonchev–Trinajstić information content (AvgIpc) is 3.24. The summed E-state index contributed by atoms with van der Waals surface area (Å²) in [7, 11) is 1.64. The molecule has 1 aliphatic rings. The second kappa shape index (κ2) is 8.92. The number of rotatable bonds is 6. The van der Waals surface area contributed by atoms with Gasteiger partial charge in [0, 0.05) is 18.3 Å². The summed E-state index contributed by atoms with van der Waals surface area (Å²) in [5, 5.41) is 11.2. The number of methoxy groups -OCH3 is 1. The molecule has 4 rings (SSSR count). The monoisotopic (exact) mass is 390 g/mol. The van der Waals surface area contributed by atoms with Crippen LogP contribution in [0.5, 0.6) is 5.75 Å². The number of carbonyl (C=O) groups excluding carboxylic acids is 1. The van der Waals surface area contributed by atoms with Gasteiger partial charge >= 0.3 is 0 Å². The highest BCUT2D eigenvalue weighted by atomic mass is 16.5. The molecule has 2 N–H and O–H groups in total. The molecule has 1 unspecified atom stereocenters. The summed E-state index contributed by atoms with van der Waals surface area (Å²) >= 11 is 0. The first-order valence-electron chi connectivity index (χ1n) is 10.0. The van der Waals surface area contributed by atoms with E-state index in [1.807, 2.05) is 60.8 Å². The van der Waals surface area contributed by atoms with Gasteiger partial charge in [0.15, 0.2) is 0 Å². The summed E-state index contributed by atoms with van der Waals surface area (Å²) in [6.45, 7) is 2.69. The molecule has 1 aromatic heterocycles. The van der Waals surface area contributed by atoms with Crippen LogP contribution in [0.2, 0.25) is 0 Å². The van der Waals surface area contributed by atoms with Crippen LogP contribution in [0, 0.1) is 5.92 Å². The summed E-state index contributed by atoms with van der Waals surface area (Å²) in [4.78, 5) is 13.0. The number of aromatic nitrogens is 2. The Morgan fingerprint density at radius 1 is 1.21 bits per heavy atom. The fourth-order valence-electron chi connectivity index (χ4n) is 3.65. The third-order valence-electron chi connectivity index (χ3n) is 5.29. The second-order valence-corrected chi connectivity index (χ2v) is 7.32. The number of nitrogens with one attached hydrogen (secondary N) is 2. The van der Waals surface area contributed by atoms with Gasteiger partial charge in [0.2, 0.25) is 0 Å². The van der Waals surface area contributed by atoms with Crippen molar-refractivity contribution in [1.29, 1.82) is 0 Å². The van der Waals surface area contributed by atoms with Crippen LogP contribution in [-0.2, 0) is 0 Å². The maximum Gasteiger partial charge on any atom is 0.255 e. The predicted octanol–water partition coefficient (Wildman–Crippen LogP) is 3.28. The molecular weight excluding hydrogens is 364 g/mol. The van der Waals surface area contributed by atoms with Gasteiger partial charge in [-0.3, -0.25) is 4.79 Å². The van der Waals surface area contributed by atoms with E-state index < -0.39 is 0 Å². The van der Waals surface area contributed by atoms with Gasteiger partial charge in [-0.1, -0.05) is 18.2 Å². The molecule has 0 spiro atoms. The number of para-hydroxylation sites is 1. The van der Waals surface area contributed by atoms with E-state index in [2.05, 4.69) is 10.6 Å². The van der Waals surface area contributed by atoms with Gasteiger partial charge in [-0.2, -0.15) is 5.10 Å². The van der Waals surface area contributed by atoms with Gasteiger partial charge in [0.1, 0.15) is 11.4 Å². The third-order valence-corrected chi connectivity index (χ3v) is 5.29. The van der Waals surface area contributed by atoms with E-state index in [1.54, 1.807) is 11.8 Å². The third kappa shape index (κ3) is 4.49. The van der Waals surface area contributed by atoms with E-state index >= 15 is 0 Å². The standard InChI is InChI=1S/C23H26N4O2/c1-29-20-11-9-18(10-12-20)22-21(16-27(26-22)19-7-3-2-4-8-19)23(28)25-15-17-6-5-13-24-14-17/h2-4,7-12,16-17,24H,5-6,13-15H2,1H3,(H,25,28). The minimum Gasteiger partial charge on any atom is -0.497 e. The van der Waals surface area contributed by atoms with Crippen molar-refractivity contribution in [1.82, 2.24) is 20.4 Å². The molecule has 1 saturated heterocycles. The van der Waals surface area contributed by atoms with E-state index in [0.717, 1.165) is 42.9 Å². The lowest BCUT2D eigenvalue weighted by Crippen LogP contribution is -2.38. The zero-order chi connectivity index (χ0) is 20.1. The Bertz CT molecular complexity index is 945. The zero-order valence-corrected chi connectivity index (χ0v) is 16.6. The molecule has 6 heteroatoms. The van der Waals surface area contributed by atoms with Gasteiger partial charge in [0.05, 0.1) is 18.4 Å². The number of carbonyl (C=O) groups is 1. The van der Waals surface area contributed by atoms with Crippen LogP contribution in [0.3, 0.4) is 0 Å². The summed E-state index contributed by atoms with van der Waals surface area (Å²) in [6, 6.07) is 17.4. The first kappa shape index (κ1) is 19.2. The van der Waals surface area contributed by atoms with Crippen LogP contribution in [0.15, 0.2) is 60.8 Å². The van der Waals surface area contributed by atoms with Crippen molar-refractivity contribution in [3.63, 3.8) is 0 Å². The molecule has 1 fully saturated rings. The van der Waals surface area contributed by atoms with Gasteiger partial charge in [0.25, 0.3) is 5.91 Å². The summed E-state index contributed by atoms with van der Waals surface area (Å²) in [6.07, 6.45) is 4.11. The van der Waals surface area contributed by atoms with E-state index in [-0.39, 0.29) is 5.91 Å². The molecule has 0 radical (unpaired) electrons. The molecule has 150 valence electrons. The summed E-state index contributed by atoms with van der Waals surface area (Å²) in [5.41, 5.74) is 3.03. The van der Waals surface area contributed by atoms with Crippen LogP contribution in [-0.4, -0.2) is 42.4 Å². The Kier molecular flexibility index (Phi) is 5.91. The van der Waals surface area contributed by atoms with Gasteiger partial charge in [-0.15, -0.1) is 0 Å². The average molecular weight is 390 g/mol. The van der Waals surface area contributed by atoms with Crippen molar-refractivity contribution < 1.29 is 9.53 Å². The van der Waals surface area contributed by atoms with Crippen molar-refractivity contribution in [3.8, 4) is 22.7 Å². The van der Waals surface area contributed by atoms with E-state index in [9.17, 15) is 4.79 Å². The second-order valence-electron chi connectivity index (χ2n) is 7.32. The molecular formula is C23H26N4O2. The molecule has 0 saturated carbocycles. The predicted molar refractivity (Wildman–Crippen MR) is 113 cm³/mol.